The zero-order valence-electron chi connectivity index (χ0n) is 12.7. The van der Waals surface area contributed by atoms with Crippen molar-refractivity contribution in [3.05, 3.63) is 56.8 Å². The van der Waals surface area contributed by atoms with Gasteiger partial charge < -0.3 is 10.1 Å². The number of hydrogen-bond donors (Lipinski definition) is 1. The standard InChI is InChI=1S/C17H21NO2S/c1-4-15-12(2)9-16(21-15)17(19)18-10-13-7-5-6-8-14(13)11-20-3/h5-9H,4,10-11H2,1-3H3,(H,18,19). The van der Waals surface area contributed by atoms with Gasteiger partial charge in [-0.25, -0.2) is 0 Å². The van der Waals surface area contributed by atoms with E-state index < -0.39 is 0 Å². The highest BCUT2D eigenvalue weighted by atomic mass is 32.1. The van der Waals surface area contributed by atoms with Gasteiger partial charge in [0.15, 0.2) is 0 Å². The molecule has 1 aromatic carbocycles. The van der Waals surface area contributed by atoms with Crippen molar-refractivity contribution in [2.75, 3.05) is 7.11 Å². The molecule has 2 aromatic rings. The SMILES string of the molecule is CCc1sc(C(=O)NCc2ccccc2COC)cc1C. The molecule has 1 heterocycles. The maximum atomic E-state index is 12.2. The maximum Gasteiger partial charge on any atom is 0.261 e. The van der Waals surface area contributed by atoms with Gasteiger partial charge in [0.05, 0.1) is 11.5 Å². The summed E-state index contributed by atoms with van der Waals surface area (Å²) in [7, 11) is 1.68. The predicted octanol–water partition coefficient (Wildman–Crippen LogP) is 3.70. The Morgan fingerprint density at radius 1 is 1.29 bits per heavy atom. The zero-order valence-corrected chi connectivity index (χ0v) is 13.5. The Kier molecular flexibility index (Phi) is 5.53. The number of rotatable bonds is 6. The number of carbonyl (C=O) groups excluding carboxylic acids is 1. The van der Waals surface area contributed by atoms with Crippen LogP contribution in [0, 0.1) is 6.92 Å². The van der Waals surface area contributed by atoms with Crippen molar-refractivity contribution in [2.24, 2.45) is 0 Å². The molecule has 0 atom stereocenters. The van der Waals surface area contributed by atoms with E-state index in [2.05, 4.69) is 19.2 Å². The molecular formula is C17H21NO2S. The summed E-state index contributed by atoms with van der Waals surface area (Å²) < 4.78 is 5.18. The lowest BCUT2D eigenvalue weighted by atomic mass is 10.1. The number of ether oxygens (including phenoxy) is 1. The second-order valence-electron chi connectivity index (χ2n) is 4.95. The molecule has 1 amide bonds. The van der Waals surface area contributed by atoms with Crippen molar-refractivity contribution in [3.63, 3.8) is 0 Å². The van der Waals surface area contributed by atoms with E-state index in [1.54, 1.807) is 18.4 Å². The predicted molar refractivity (Wildman–Crippen MR) is 86.8 cm³/mol. The van der Waals surface area contributed by atoms with Gasteiger partial charge in [-0.2, -0.15) is 0 Å². The lowest BCUT2D eigenvalue weighted by Gasteiger charge is -2.09. The fourth-order valence-corrected chi connectivity index (χ4v) is 3.30. The van der Waals surface area contributed by atoms with Crippen LogP contribution >= 0.6 is 11.3 Å². The van der Waals surface area contributed by atoms with Crippen LogP contribution in [-0.2, 0) is 24.3 Å². The topological polar surface area (TPSA) is 38.3 Å². The minimum Gasteiger partial charge on any atom is -0.380 e. The zero-order chi connectivity index (χ0) is 15.2. The molecule has 0 unspecified atom stereocenters. The third kappa shape index (κ3) is 3.93. The van der Waals surface area contributed by atoms with E-state index in [-0.39, 0.29) is 5.91 Å². The van der Waals surface area contributed by atoms with E-state index in [0.29, 0.717) is 13.2 Å². The van der Waals surface area contributed by atoms with Crippen molar-refractivity contribution in [1.82, 2.24) is 5.32 Å². The molecule has 21 heavy (non-hydrogen) atoms. The first-order valence-electron chi connectivity index (χ1n) is 7.09. The number of amides is 1. The van der Waals surface area contributed by atoms with Crippen LogP contribution in [0.4, 0.5) is 0 Å². The first kappa shape index (κ1) is 15.7. The summed E-state index contributed by atoms with van der Waals surface area (Å²) in [5, 5.41) is 2.99. The van der Waals surface area contributed by atoms with E-state index in [1.807, 2.05) is 30.3 Å². The van der Waals surface area contributed by atoms with Crippen LogP contribution in [0.15, 0.2) is 30.3 Å². The van der Waals surface area contributed by atoms with Crippen LogP contribution in [-0.4, -0.2) is 13.0 Å². The van der Waals surface area contributed by atoms with Gasteiger partial charge >= 0.3 is 0 Å². The smallest absolute Gasteiger partial charge is 0.261 e. The van der Waals surface area contributed by atoms with Gasteiger partial charge in [-0.15, -0.1) is 11.3 Å². The van der Waals surface area contributed by atoms with Crippen molar-refractivity contribution in [3.8, 4) is 0 Å². The van der Waals surface area contributed by atoms with Crippen LogP contribution in [0.3, 0.4) is 0 Å². The Balaban J connectivity index is 2.03. The number of nitrogens with one attached hydrogen (secondary N) is 1. The molecule has 0 radical (unpaired) electrons. The molecule has 0 bridgehead atoms. The number of carbonyl (C=O) groups is 1. The summed E-state index contributed by atoms with van der Waals surface area (Å²) in [6.07, 6.45) is 0.973. The number of aryl methyl sites for hydroxylation is 2. The lowest BCUT2D eigenvalue weighted by Crippen LogP contribution is -2.22. The third-order valence-electron chi connectivity index (χ3n) is 3.42. The summed E-state index contributed by atoms with van der Waals surface area (Å²) in [5.74, 6) is -0.00461. The lowest BCUT2D eigenvalue weighted by molar-refractivity contribution is 0.0954. The largest absolute Gasteiger partial charge is 0.380 e. The molecule has 1 N–H and O–H groups in total. The Morgan fingerprint density at radius 2 is 2.00 bits per heavy atom. The highest BCUT2D eigenvalue weighted by molar-refractivity contribution is 7.14. The molecule has 0 aliphatic carbocycles. The van der Waals surface area contributed by atoms with Crippen LogP contribution in [0.25, 0.3) is 0 Å². The molecule has 0 aliphatic rings. The van der Waals surface area contributed by atoms with Gasteiger partial charge in [0, 0.05) is 18.5 Å². The van der Waals surface area contributed by atoms with Gasteiger partial charge in [-0.1, -0.05) is 31.2 Å². The highest BCUT2D eigenvalue weighted by Gasteiger charge is 2.12. The van der Waals surface area contributed by atoms with Crippen molar-refractivity contribution in [2.45, 2.75) is 33.4 Å². The van der Waals surface area contributed by atoms with Crippen LogP contribution < -0.4 is 5.32 Å². The van der Waals surface area contributed by atoms with Crippen molar-refractivity contribution in [1.29, 1.82) is 0 Å². The first-order chi connectivity index (χ1) is 10.2. The maximum absolute atomic E-state index is 12.2. The quantitative estimate of drug-likeness (QED) is 0.883. The van der Waals surface area contributed by atoms with Crippen LogP contribution in [0.1, 0.15) is 38.2 Å². The molecule has 4 heteroatoms. The molecule has 0 saturated heterocycles. The second-order valence-corrected chi connectivity index (χ2v) is 6.09. The number of thiophene rings is 1. The van der Waals surface area contributed by atoms with E-state index >= 15 is 0 Å². The van der Waals surface area contributed by atoms with Crippen molar-refractivity contribution < 1.29 is 9.53 Å². The molecule has 0 fully saturated rings. The molecular weight excluding hydrogens is 282 g/mol. The number of benzene rings is 1. The Morgan fingerprint density at radius 3 is 2.62 bits per heavy atom. The Bertz CT molecular complexity index is 619. The molecule has 0 spiro atoms. The highest BCUT2D eigenvalue weighted by Crippen LogP contribution is 2.22. The normalized spacial score (nSPS) is 10.6. The summed E-state index contributed by atoms with van der Waals surface area (Å²) >= 11 is 1.58. The monoisotopic (exact) mass is 303 g/mol. The molecule has 0 saturated carbocycles. The summed E-state index contributed by atoms with van der Waals surface area (Å²) in [6.45, 7) is 5.25. The minimum atomic E-state index is -0.00461. The summed E-state index contributed by atoms with van der Waals surface area (Å²) in [6, 6.07) is 9.97. The summed E-state index contributed by atoms with van der Waals surface area (Å²) in [4.78, 5) is 14.3. The van der Waals surface area contributed by atoms with Gasteiger partial charge in [0.25, 0.3) is 5.91 Å². The van der Waals surface area contributed by atoms with Crippen molar-refractivity contribution >= 4 is 17.2 Å². The van der Waals surface area contributed by atoms with Gasteiger partial charge in [-0.05, 0) is 36.1 Å². The second kappa shape index (κ2) is 7.38. The third-order valence-corrected chi connectivity index (χ3v) is 4.80. The van der Waals surface area contributed by atoms with Crippen LogP contribution in [0.2, 0.25) is 0 Å². The average molecular weight is 303 g/mol. The minimum absolute atomic E-state index is 0.00461. The van der Waals surface area contributed by atoms with E-state index in [0.717, 1.165) is 22.4 Å². The van der Waals surface area contributed by atoms with E-state index in [1.165, 1.54) is 10.4 Å². The molecule has 1 aromatic heterocycles. The van der Waals surface area contributed by atoms with E-state index in [4.69, 9.17) is 4.74 Å². The van der Waals surface area contributed by atoms with Crippen LogP contribution in [0.5, 0.6) is 0 Å². The fraction of sp³-hybridized carbons (Fsp3) is 0.353. The fourth-order valence-electron chi connectivity index (χ4n) is 2.27. The Hall–Kier alpha value is -1.65. The Labute approximate surface area is 130 Å². The molecule has 2 rings (SSSR count). The molecule has 0 aliphatic heterocycles. The van der Waals surface area contributed by atoms with E-state index in [9.17, 15) is 4.79 Å². The average Bonchev–Trinajstić information content (AvgIpc) is 2.87. The van der Waals surface area contributed by atoms with Gasteiger partial charge in [0.1, 0.15) is 0 Å². The van der Waals surface area contributed by atoms with Gasteiger partial charge in [-0.3, -0.25) is 4.79 Å². The first-order valence-corrected chi connectivity index (χ1v) is 7.90. The van der Waals surface area contributed by atoms with Gasteiger partial charge in [0.2, 0.25) is 0 Å². The number of hydrogen-bond acceptors (Lipinski definition) is 3. The number of methoxy groups -OCH3 is 1. The molecule has 112 valence electrons. The summed E-state index contributed by atoms with van der Waals surface area (Å²) in [5.41, 5.74) is 3.40. The molecule has 3 nitrogen and oxygen atoms in total.